The van der Waals surface area contributed by atoms with Gasteiger partial charge in [0.1, 0.15) is 36.5 Å². The minimum atomic E-state index is 0.0595. The quantitative estimate of drug-likeness (QED) is 0.151. The van der Waals surface area contributed by atoms with Gasteiger partial charge in [-0.3, -0.25) is 9.59 Å². The Morgan fingerprint density at radius 3 is 1.85 bits per heavy atom. The highest BCUT2D eigenvalue weighted by Gasteiger charge is 2.18. The van der Waals surface area contributed by atoms with Gasteiger partial charge in [0.2, 0.25) is 11.8 Å². The standard InChI is InChI=1S/C18H19ClN4O2S.C9H12N4S.C7H6ClNO3/c1-10-22-15-16(23(2)3)12(9-21-18(15)26-10)7-13(24)5-11-6-14(19)17(25-4)20-8-11;1-5-12-7-8(13(2)3)6(10)4-11-9(7)14-5;1-11-7-6(8)2-5(3-9-7)12-4-10/h6,8-9H,5,7H2,1-4H3;4H,10H2,1-3H3;2-4H,1H3. The van der Waals surface area contributed by atoms with Crippen molar-refractivity contribution in [3.63, 3.8) is 0 Å². The third-order valence-corrected chi connectivity index (χ3v) is 9.32. The highest BCUT2D eigenvalue weighted by atomic mass is 35.5. The Morgan fingerprint density at radius 2 is 1.33 bits per heavy atom. The fraction of sp³-hybridized carbons (Fsp3) is 0.294. The first-order chi connectivity index (χ1) is 24.8. The van der Waals surface area contributed by atoms with Gasteiger partial charge < -0.3 is 29.7 Å². The number of rotatable bonds is 10. The summed E-state index contributed by atoms with van der Waals surface area (Å²) in [7, 11) is 10.8. The number of nitrogens with two attached hydrogens (primary N) is 1. The van der Waals surface area contributed by atoms with Crippen molar-refractivity contribution < 1.29 is 23.8 Å². The third kappa shape index (κ3) is 9.91. The zero-order valence-electron chi connectivity index (χ0n) is 29.7. The highest BCUT2D eigenvalue weighted by molar-refractivity contribution is 7.18. The number of pyridine rings is 4. The van der Waals surface area contributed by atoms with Crippen LogP contribution in [0.25, 0.3) is 20.7 Å². The summed E-state index contributed by atoms with van der Waals surface area (Å²) in [6.45, 7) is 4.23. The zero-order valence-corrected chi connectivity index (χ0v) is 32.9. The van der Waals surface area contributed by atoms with Gasteiger partial charge in [-0.1, -0.05) is 45.9 Å². The van der Waals surface area contributed by atoms with Gasteiger partial charge in [-0.15, -0.1) is 0 Å². The summed E-state index contributed by atoms with van der Waals surface area (Å²) < 4.78 is 14.3. The van der Waals surface area contributed by atoms with Crippen molar-refractivity contribution in [2.75, 3.05) is 57.9 Å². The van der Waals surface area contributed by atoms with Crippen LogP contribution in [0.5, 0.6) is 17.5 Å². The molecule has 0 saturated carbocycles. The molecule has 0 aliphatic carbocycles. The summed E-state index contributed by atoms with van der Waals surface area (Å²) in [5, 5.41) is 2.67. The number of carbonyl (C=O) groups excluding carboxylic acids is 2. The molecule has 6 aromatic heterocycles. The maximum absolute atomic E-state index is 12.6. The number of aromatic nitrogens is 6. The molecule has 0 aliphatic heterocycles. The summed E-state index contributed by atoms with van der Waals surface area (Å²) in [4.78, 5) is 53.9. The summed E-state index contributed by atoms with van der Waals surface area (Å²) in [5.74, 6) is 1.00. The number of hydrogen-bond donors (Lipinski definition) is 1. The Morgan fingerprint density at radius 1 is 0.788 bits per heavy atom. The topological polar surface area (TPSA) is 172 Å². The molecule has 0 bridgehead atoms. The Hall–Kier alpha value is -4.90. The Labute approximate surface area is 318 Å². The monoisotopic (exact) mass is 785 g/mol. The first-order valence-electron chi connectivity index (χ1n) is 15.4. The van der Waals surface area contributed by atoms with Crippen LogP contribution in [0.3, 0.4) is 0 Å². The molecule has 0 atom stereocenters. The average Bonchev–Trinajstić information content (AvgIpc) is 3.65. The molecule has 6 aromatic rings. The molecule has 0 radical (unpaired) electrons. The second kappa shape index (κ2) is 18.0. The molecule has 0 amide bonds. The van der Waals surface area contributed by atoms with Crippen molar-refractivity contribution in [1.82, 2.24) is 29.9 Å². The van der Waals surface area contributed by atoms with Crippen LogP contribution in [0.2, 0.25) is 10.0 Å². The van der Waals surface area contributed by atoms with E-state index < -0.39 is 0 Å². The van der Waals surface area contributed by atoms with Gasteiger partial charge in [0.25, 0.3) is 6.47 Å². The smallest absolute Gasteiger partial charge is 0.298 e. The number of ether oxygens (including phenoxy) is 3. The molecule has 6 rings (SSSR count). The minimum absolute atomic E-state index is 0.0595. The number of methoxy groups -OCH3 is 2. The molecular formula is C34H37Cl2N9O5S2. The van der Waals surface area contributed by atoms with Gasteiger partial charge >= 0.3 is 0 Å². The van der Waals surface area contributed by atoms with E-state index in [1.807, 2.05) is 51.8 Å². The summed E-state index contributed by atoms with van der Waals surface area (Å²) in [5.41, 5.74) is 11.8. The first kappa shape index (κ1) is 39.9. The van der Waals surface area contributed by atoms with Gasteiger partial charge in [-0.2, -0.15) is 0 Å². The Balaban J connectivity index is 0.000000195. The number of carbonyl (C=O) groups is 2. The number of nitrogens with zero attached hydrogens (tertiary/aromatic N) is 8. The van der Waals surface area contributed by atoms with E-state index >= 15 is 0 Å². The third-order valence-electron chi connectivity index (χ3n) is 7.02. The van der Waals surface area contributed by atoms with E-state index in [0.29, 0.717) is 34.0 Å². The van der Waals surface area contributed by atoms with Crippen molar-refractivity contribution in [2.24, 2.45) is 0 Å². The molecule has 0 unspecified atom stereocenters. The number of hydrogen-bond acceptors (Lipinski definition) is 16. The molecule has 14 nitrogen and oxygen atoms in total. The fourth-order valence-electron chi connectivity index (χ4n) is 4.98. The van der Waals surface area contributed by atoms with Crippen LogP contribution >= 0.6 is 45.9 Å². The maximum Gasteiger partial charge on any atom is 0.298 e. The van der Waals surface area contributed by atoms with E-state index in [1.165, 1.54) is 26.5 Å². The summed E-state index contributed by atoms with van der Waals surface area (Å²) >= 11 is 14.9. The lowest BCUT2D eigenvalue weighted by atomic mass is 10.0. The van der Waals surface area contributed by atoms with E-state index in [9.17, 15) is 9.59 Å². The lowest BCUT2D eigenvalue weighted by Crippen LogP contribution is -2.15. The molecule has 0 fully saturated rings. The minimum Gasteiger partial charge on any atom is -0.480 e. The molecule has 18 heteroatoms. The van der Waals surface area contributed by atoms with Crippen LogP contribution in [0.4, 0.5) is 17.1 Å². The number of fused-ring (bicyclic) bond motifs is 2. The predicted octanol–water partition coefficient (Wildman–Crippen LogP) is 6.40. The number of nitrogen functional groups attached to an aromatic ring is 1. The van der Waals surface area contributed by atoms with Gasteiger partial charge in [0.15, 0.2) is 5.75 Å². The molecule has 0 spiro atoms. The van der Waals surface area contributed by atoms with Gasteiger partial charge in [0, 0.05) is 65.1 Å². The SMILES string of the molecule is COc1ncc(CC(=O)Cc2cnc3sc(C)nc3c2N(C)C)cc1Cl.COc1ncc(OC=O)cc1Cl.Cc1nc2c(N(C)C)c(N)cnc2s1. The number of anilines is 3. The van der Waals surface area contributed by atoms with Crippen molar-refractivity contribution in [2.45, 2.75) is 26.7 Å². The van der Waals surface area contributed by atoms with E-state index in [2.05, 4.69) is 34.6 Å². The molecule has 0 saturated heterocycles. The second-order valence-electron chi connectivity index (χ2n) is 11.4. The molecule has 0 aromatic carbocycles. The van der Waals surface area contributed by atoms with Gasteiger partial charge in [0.05, 0.1) is 53.7 Å². The predicted molar refractivity (Wildman–Crippen MR) is 208 cm³/mol. The van der Waals surface area contributed by atoms with E-state index in [1.54, 1.807) is 47.3 Å². The van der Waals surface area contributed by atoms with Crippen LogP contribution in [-0.4, -0.2) is 84.6 Å². The van der Waals surface area contributed by atoms with Crippen molar-refractivity contribution >= 4 is 95.9 Å². The first-order valence-corrected chi connectivity index (χ1v) is 17.8. The van der Waals surface area contributed by atoms with Crippen LogP contribution < -0.4 is 29.7 Å². The van der Waals surface area contributed by atoms with E-state index in [4.69, 9.17) is 38.4 Å². The van der Waals surface area contributed by atoms with Crippen LogP contribution in [-0.2, 0) is 22.4 Å². The fourth-order valence-corrected chi connectivity index (χ4v) is 7.00. The average molecular weight is 787 g/mol. The van der Waals surface area contributed by atoms with Gasteiger partial charge in [-0.05, 0) is 25.5 Å². The molecule has 52 heavy (non-hydrogen) atoms. The normalized spacial score (nSPS) is 10.5. The maximum atomic E-state index is 12.6. The summed E-state index contributed by atoms with van der Waals surface area (Å²) in [6.07, 6.45) is 6.94. The van der Waals surface area contributed by atoms with Crippen LogP contribution in [0.15, 0.2) is 36.9 Å². The van der Waals surface area contributed by atoms with E-state index in [-0.39, 0.29) is 24.4 Å². The van der Waals surface area contributed by atoms with Crippen molar-refractivity contribution in [1.29, 1.82) is 0 Å². The Kier molecular flexibility index (Phi) is 13.8. The second-order valence-corrected chi connectivity index (χ2v) is 14.5. The number of aryl methyl sites for hydroxylation is 2. The number of Topliss-reactive ketones (excluding diaryl/α,β-unsaturated/α-hetero) is 1. The lowest BCUT2D eigenvalue weighted by Gasteiger charge is -2.17. The largest absolute Gasteiger partial charge is 0.480 e. The number of thiazole rings is 2. The molecular weight excluding hydrogens is 749 g/mol. The van der Waals surface area contributed by atoms with Crippen molar-refractivity contribution in [3.05, 3.63) is 68.1 Å². The lowest BCUT2D eigenvalue weighted by molar-refractivity contribution is -0.121. The number of ketones is 1. The molecule has 0 aliphatic rings. The van der Waals surface area contributed by atoms with Crippen LogP contribution in [0, 0.1) is 13.8 Å². The zero-order chi connectivity index (χ0) is 38.1. The van der Waals surface area contributed by atoms with Gasteiger partial charge in [-0.25, -0.2) is 29.9 Å². The van der Waals surface area contributed by atoms with Crippen LogP contribution in [0.1, 0.15) is 21.1 Å². The molecule has 2 N–H and O–H groups in total. The molecule has 274 valence electrons. The van der Waals surface area contributed by atoms with E-state index in [0.717, 1.165) is 53.2 Å². The number of halogens is 2. The highest BCUT2D eigenvalue weighted by Crippen LogP contribution is 2.33. The Bertz CT molecular complexity index is 2190. The van der Waals surface area contributed by atoms with Crippen molar-refractivity contribution in [3.8, 4) is 17.5 Å². The summed E-state index contributed by atoms with van der Waals surface area (Å²) in [6, 6.07) is 3.16. The molecule has 6 heterocycles.